The molecule has 3 rings (SSSR count). The number of hydrogen-bond donors (Lipinski definition) is 1. The molecule has 134 valence electrons. The van der Waals surface area contributed by atoms with Crippen molar-refractivity contribution in [1.29, 1.82) is 5.26 Å². The average Bonchev–Trinajstić information content (AvgIpc) is 2.69. The molecule has 6 nitrogen and oxygen atoms in total. The predicted molar refractivity (Wildman–Crippen MR) is 105 cm³/mol. The molecule has 0 atom stereocenters. The summed E-state index contributed by atoms with van der Waals surface area (Å²) in [6, 6.07) is 20.3. The van der Waals surface area contributed by atoms with Gasteiger partial charge >= 0.3 is 0 Å². The molecule has 2 aromatic carbocycles. The van der Waals surface area contributed by atoms with E-state index in [1.807, 2.05) is 42.2 Å². The number of aromatic nitrogens is 2. The fourth-order valence-corrected chi connectivity index (χ4v) is 2.75. The van der Waals surface area contributed by atoms with Crippen LogP contribution in [0.25, 0.3) is 0 Å². The third-order valence-electron chi connectivity index (χ3n) is 3.97. The molecule has 1 heterocycles. The lowest BCUT2D eigenvalue weighted by atomic mass is 10.2. The molecule has 0 aliphatic carbocycles. The van der Waals surface area contributed by atoms with Crippen LogP contribution in [-0.2, 0) is 0 Å². The van der Waals surface area contributed by atoms with Gasteiger partial charge < -0.3 is 10.2 Å². The van der Waals surface area contributed by atoms with E-state index < -0.39 is 0 Å². The van der Waals surface area contributed by atoms with Gasteiger partial charge in [0.05, 0.1) is 11.6 Å². The second-order valence-corrected chi connectivity index (χ2v) is 5.89. The highest BCUT2D eigenvalue weighted by Gasteiger charge is 2.15. The maximum absolute atomic E-state index is 12.7. The summed E-state index contributed by atoms with van der Waals surface area (Å²) in [6.45, 7) is 4.48. The lowest BCUT2D eigenvalue weighted by Crippen LogP contribution is -2.21. The minimum Gasteiger partial charge on any atom is -0.327 e. The Morgan fingerprint density at radius 2 is 1.89 bits per heavy atom. The topological polar surface area (TPSA) is 81.9 Å². The van der Waals surface area contributed by atoms with Crippen LogP contribution in [0.4, 0.5) is 17.2 Å². The Hall–Kier alpha value is -3.72. The van der Waals surface area contributed by atoms with Crippen LogP contribution in [-0.4, -0.2) is 22.4 Å². The van der Waals surface area contributed by atoms with E-state index in [-0.39, 0.29) is 11.6 Å². The zero-order valence-corrected chi connectivity index (χ0v) is 15.2. The third-order valence-corrected chi connectivity index (χ3v) is 3.97. The quantitative estimate of drug-likeness (QED) is 0.744. The Bertz CT molecular complexity index is 995. The second-order valence-electron chi connectivity index (χ2n) is 5.89. The van der Waals surface area contributed by atoms with Crippen molar-refractivity contribution in [1.82, 2.24) is 9.97 Å². The summed E-state index contributed by atoms with van der Waals surface area (Å²) in [6.07, 6.45) is 0. The molecule has 1 N–H and O–H groups in total. The Labute approximate surface area is 158 Å². The number of aryl methyl sites for hydroxylation is 1. The summed E-state index contributed by atoms with van der Waals surface area (Å²) >= 11 is 0. The highest BCUT2D eigenvalue weighted by Crippen LogP contribution is 2.24. The van der Waals surface area contributed by atoms with Gasteiger partial charge in [0.2, 0.25) is 0 Å². The largest absolute Gasteiger partial charge is 0.327 e. The minimum atomic E-state index is -0.346. The highest BCUT2D eigenvalue weighted by molar-refractivity contribution is 6.03. The third kappa shape index (κ3) is 4.28. The molecule has 0 fully saturated rings. The summed E-state index contributed by atoms with van der Waals surface area (Å²) in [7, 11) is 0. The molecule has 0 saturated carbocycles. The van der Waals surface area contributed by atoms with Crippen molar-refractivity contribution < 1.29 is 4.79 Å². The number of hydrogen-bond acceptors (Lipinski definition) is 5. The minimum absolute atomic E-state index is 0.272. The predicted octanol–water partition coefficient (Wildman–Crippen LogP) is 4.07. The molecule has 0 unspecified atom stereocenters. The van der Waals surface area contributed by atoms with Gasteiger partial charge in [-0.25, -0.2) is 9.97 Å². The highest BCUT2D eigenvalue weighted by atomic mass is 16.1. The maximum Gasteiger partial charge on any atom is 0.274 e. The van der Waals surface area contributed by atoms with Crippen LogP contribution < -0.4 is 10.2 Å². The van der Waals surface area contributed by atoms with Crippen molar-refractivity contribution in [2.24, 2.45) is 0 Å². The van der Waals surface area contributed by atoms with E-state index in [2.05, 4.69) is 21.4 Å². The van der Waals surface area contributed by atoms with E-state index in [0.717, 1.165) is 5.69 Å². The monoisotopic (exact) mass is 357 g/mol. The van der Waals surface area contributed by atoms with Gasteiger partial charge in [-0.2, -0.15) is 5.26 Å². The average molecular weight is 357 g/mol. The van der Waals surface area contributed by atoms with Gasteiger partial charge in [-0.3, -0.25) is 4.79 Å². The van der Waals surface area contributed by atoms with Crippen molar-refractivity contribution in [3.63, 3.8) is 0 Å². The first kappa shape index (κ1) is 18.1. The first-order chi connectivity index (χ1) is 13.1. The van der Waals surface area contributed by atoms with E-state index in [1.165, 1.54) is 0 Å². The summed E-state index contributed by atoms with van der Waals surface area (Å²) in [5.41, 5.74) is 2.29. The number of nitriles is 1. The molecule has 0 spiro atoms. The molecule has 0 radical (unpaired) electrons. The lowest BCUT2D eigenvalue weighted by molar-refractivity contribution is 0.102. The molecule has 0 aliphatic heterocycles. The maximum atomic E-state index is 12.7. The molecule has 6 heteroatoms. The van der Waals surface area contributed by atoms with E-state index in [1.54, 1.807) is 37.3 Å². The zero-order valence-electron chi connectivity index (χ0n) is 15.2. The van der Waals surface area contributed by atoms with Crippen LogP contribution in [0.1, 0.15) is 28.8 Å². The van der Waals surface area contributed by atoms with Crippen molar-refractivity contribution in [3.05, 3.63) is 77.7 Å². The Morgan fingerprint density at radius 3 is 2.59 bits per heavy atom. The van der Waals surface area contributed by atoms with Crippen molar-refractivity contribution in [3.8, 4) is 6.07 Å². The SMILES string of the molecule is CCN(c1ccccc1)c1cc(C(=O)Nc2cccc(C#N)c2)nc(C)n1. The van der Waals surface area contributed by atoms with Gasteiger partial charge in [0.15, 0.2) is 0 Å². The van der Waals surface area contributed by atoms with Gasteiger partial charge in [0.1, 0.15) is 17.3 Å². The number of carbonyl (C=O) groups is 1. The number of benzene rings is 2. The van der Waals surface area contributed by atoms with E-state index in [4.69, 9.17) is 5.26 Å². The van der Waals surface area contributed by atoms with E-state index >= 15 is 0 Å². The van der Waals surface area contributed by atoms with Gasteiger partial charge in [-0.15, -0.1) is 0 Å². The van der Waals surface area contributed by atoms with Crippen LogP contribution in [0.15, 0.2) is 60.7 Å². The van der Waals surface area contributed by atoms with Gasteiger partial charge in [-0.1, -0.05) is 24.3 Å². The van der Waals surface area contributed by atoms with Gasteiger partial charge in [0, 0.05) is 24.0 Å². The van der Waals surface area contributed by atoms with Gasteiger partial charge in [-0.05, 0) is 44.2 Å². The zero-order chi connectivity index (χ0) is 19.2. The van der Waals surface area contributed by atoms with Crippen molar-refractivity contribution in [2.45, 2.75) is 13.8 Å². The molecule has 0 bridgehead atoms. The molecule has 27 heavy (non-hydrogen) atoms. The Balaban J connectivity index is 1.90. The molecule has 0 saturated heterocycles. The normalized spacial score (nSPS) is 10.1. The number of para-hydroxylation sites is 1. The van der Waals surface area contributed by atoms with Crippen LogP contribution in [0.3, 0.4) is 0 Å². The van der Waals surface area contributed by atoms with Crippen molar-refractivity contribution >= 4 is 23.1 Å². The van der Waals surface area contributed by atoms with Crippen LogP contribution in [0.5, 0.6) is 0 Å². The number of carbonyl (C=O) groups excluding carboxylic acids is 1. The second kappa shape index (κ2) is 8.11. The number of nitrogens with one attached hydrogen (secondary N) is 1. The molecule has 1 amide bonds. The first-order valence-corrected chi connectivity index (χ1v) is 8.60. The van der Waals surface area contributed by atoms with E-state index in [0.29, 0.717) is 29.4 Å². The molecule has 0 aliphatic rings. The Kier molecular flexibility index (Phi) is 5.43. The number of nitrogens with zero attached hydrogens (tertiary/aromatic N) is 4. The van der Waals surface area contributed by atoms with Gasteiger partial charge in [0.25, 0.3) is 5.91 Å². The van der Waals surface area contributed by atoms with Crippen LogP contribution >= 0.6 is 0 Å². The number of amides is 1. The molecular weight excluding hydrogens is 338 g/mol. The molecule has 3 aromatic rings. The first-order valence-electron chi connectivity index (χ1n) is 8.60. The summed E-state index contributed by atoms with van der Waals surface area (Å²) in [5.74, 6) is 0.825. The number of rotatable bonds is 5. The van der Waals surface area contributed by atoms with Crippen LogP contribution in [0.2, 0.25) is 0 Å². The fourth-order valence-electron chi connectivity index (χ4n) is 2.75. The summed E-state index contributed by atoms with van der Waals surface area (Å²) in [4.78, 5) is 23.4. The van der Waals surface area contributed by atoms with Crippen molar-refractivity contribution in [2.75, 3.05) is 16.8 Å². The summed E-state index contributed by atoms with van der Waals surface area (Å²) < 4.78 is 0. The lowest BCUT2D eigenvalue weighted by Gasteiger charge is -2.22. The smallest absolute Gasteiger partial charge is 0.274 e. The Morgan fingerprint density at radius 1 is 1.11 bits per heavy atom. The summed E-state index contributed by atoms with van der Waals surface area (Å²) in [5, 5.41) is 11.8. The number of anilines is 3. The fraction of sp³-hybridized carbons (Fsp3) is 0.143. The molecule has 1 aromatic heterocycles. The molecular formula is C21H19N5O. The standard InChI is InChI=1S/C21H19N5O/c1-3-26(18-10-5-4-6-11-18)20-13-19(23-15(2)24-20)21(27)25-17-9-7-8-16(12-17)14-22/h4-13H,3H2,1-2H3,(H,25,27). The van der Waals surface area contributed by atoms with Crippen LogP contribution in [0, 0.1) is 18.3 Å². The van der Waals surface area contributed by atoms with E-state index in [9.17, 15) is 4.79 Å².